The van der Waals surface area contributed by atoms with Crippen molar-refractivity contribution >= 4 is 0 Å². The van der Waals surface area contributed by atoms with Crippen molar-refractivity contribution in [1.82, 2.24) is 14.8 Å². The predicted octanol–water partition coefficient (Wildman–Crippen LogP) is 0.970. The van der Waals surface area contributed by atoms with E-state index < -0.39 is 0 Å². The van der Waals surface area contributed by atoms with Crippen molar-refractivity contribution in [2.24, 2.45) is 5.92 Å². The Balaban J connectivity index is 1.41. The molecule has 1 saturated carbocycles. The van der Waals surface area contributed by atoms with Gasteiger partial charge < -0.3 is 5.11 Å². The molecule has 1 atom stereocenters. The number of rotatable bonds is 5. The molecule has 2 fully saturated rings. The molecule has 0 bridgehead atoms. The van der Waals surface area contributed by atoms with E-state index in [1.54, 1.807) is 0 Å². The molecule has 1 aromatic rings. The highest BCUT2D eigenvalue weighted by Crippen LogP contribution is 2.32. The highest BCUT2D eigenvalue weighted by atomic mass is 16.3. The third kappa shape index (κ3) is 3.75. The fraction of sp³-hybridized carbons (Fsp3) is 0.667. The lowest BCUT2D eigenvalue weighted by molar-refractivity contribution is 0.0601. The Morgan fingerprint density at radius 1 is 1.21 bits per heavy atom. The minimum absolute atomic E-state index is 0.0927. The molecule has 4 nitrogen and oxygen atoms in total. The van der Waals surface area contributed by atoms with Gasteiger partial charge in [0.15, 0.2) is 0 Å². The van der Waals surface area contributed by atoms with E-state index in [4.69, 9.17) is 0 Å². The summed E-state index contributed by atoms with van der Waals surface area (Å²) in [5, 5.41) is 9.98. The van der Waals surface area contributed by atoms with Crippen LogP contribution in [-0.4, -0.2) is 58.7 Å². The molecule has 1 aromatic heterocycles. The smallest absolute Gasteiger partial charge is 0.0695 e. The minimum Gasteiger partial charge on any atom is -0.392 e. The molecule has 19 heavy (non-hydrogen) atoms. The first kappa shape index (κ1) is 13.0. The van der Waals surface area contributed by atoms with E-state index in [9.17, 15) is 5.11 Å². The zero-order chi connectivity index (χ0) is 13.1. The maximum Gasteiger partial charge on any atom is 0.0695 e. The van der Waals surface area contributed by atoms with Crippen LogP contribution in [0.3, 0.4) is 0 Å². The van der Waals surface area contributed by atoms with Crippen LogP contribution in [0.1, 0.15) is 18.4 Å². The molecule has 1 saturated heterocycles. The maximum atomic E-state index is 9.98. The van der Waals surface area contributed by atoms with Gasteiger partial charge in [0.05, 0.1) is 6.10 Å². The van der Waals surface area contributed by atoms with Crippen molar-refractivity contribution in [3.63, 3.8) is 0 Å². The largest absolute Gasteiger partial charge is 0.392 e. The highest BCUT2D eigenvalue weighted by molar-refractivity contribution is 5.08. The van der Waals surface area contributed by atoms with Gasteiger partial charge in [-0.15, -0.1) is 0 Å². The Morgan fingerprint density at radius 3 is 2.58 bits per heavy atom. The van der Waals surface area contributed by atoms with Gasteiger partial charge in [-0.3, -0.25) is 14.8 Å². The van der Waals surface area contributed by atoms with Crippen LogP contribution in [-0.2, 0) is 6.54 Å². The van der Waals surface area contributed by atoms with Crippen LogP contribution in [0.2, 0.25) is 0 Å². The van der Waals surface area contributed by atoms with Crippen LogP contribution in [0.4, 0.5) is 0 Å². The molecule has 2 heterocycles. The zero-order valence-corrected chi connectivity index (χ0v) is 11.4. The van der Waals surface area contributed by atoms with E-state index in [0.717, 1.165) is 39.3 Å². The van der Waals surface area contributed by atoms with Gasteiger partial charge in [-0.25, -0.2) is 0 Å². The summed E-state index contributed by atoms with van der Waals surface area (Å²) in [6.07, 6.45) is 6.12. The van der Waals surface area contributed by atoms with Gasteiger partial charge in [-0.1, -0.05) is 6.07 Å². The summed E-state index contributed by atoms with van der Waals surface area (Å²) in [6, 6.07) is 4.13. The van der Waals surface area contributed by atoms with Crippen molar-refractivity contribution in [1.29, 1.82) is 0 Å². The average molecular weight is 261 g/mol. The Morgan fingerprint density at radius 2 is 1.95 bits per heavy atom. The van der Waals surface area contributed by atoms with Crippen LogP contribution in [0.25, 0.3) is 0 Å². The van der Waals surface area contributed by atoms with Crippen molar-refractivity contribution in [2.75, 3.05) is 32.7 Å². The molecule has 0 amide bonds. The number of aliphatic hydroxyl groups excluding tert-OH is 1. The molecule has 104 valence electrons. The number of nitrogens with zero attached hydrogens (tertiary/aromatic N) is 3. The summed E-state index contributed by atoms with van der Waals surface area (Å²) in [5.74, 6) is 0.591. The lowest BCUT2D eigenvalue weighted by atomic mass is 10.2. The highest BCUT2D eigenvalue weighted by Gasteiger charge is 2.31. The summed E-state index contributed by atoms with van der Waals surface area (Å²) in [7, 11) is 0. The van der Waals surface area contributed by atoms with Crippen LogP contribution in [0.15, 0.2) is 24.5 Å². The van der Waals surface area contributed by atoms with Crippen LogP contribution >= 0.6 is 0 Å². The minimum atomic E-state index is -0.0927. The quantitative estimate of drug-likeness (QED) is 0.857. The molecular weight excluding hydrogens is 238 g/mol. The molecule has 0 aromatic carbocycles. The van der Waals surface area contributed by atoms with Gasteiger partial charge in [0, 0.05) is 51.7 Å². The second-order valence-corrected chi connectivity index (χ2v) is 5.84. The summed E-state index contributed by atoms with van der Waals surface area (Å²) in [6.45, 7) is 6.19. The van der Waals surface area contributed by atoms with Crippen molar-refractivity contribution in [2.45, 2.75) is 25.5 Å². The zero-order valence-electron chi connectivity index (χ0n) is 11.4. The number of pyridine rings is 1. The standard InChI is InChI=1S/C15H23N3O/c19-15(14-3-4-14)12-18-8-6-17(7-9-18)11-13-2-1-5-16-10-13/h1-2,5,10,14-15,19H,3-4,6-9,11-12H2/t15-/m1/s1. The Labute approximate surface area is 115 Å². The van der Waals surface area contributed by atoms with E-state index in [2.05, 4.69) is 20.9 Å². The third-order valence-electron chi connectivity index (χ3n) is 4.21. The maximum absolute atomic E-state index is 9.98. The van der Waals surface area contributed by atoms with E-state index in [1.807, 2.05) is 18.5 Å². The molecule has 3 rings (SSSR count). The van der Waals surface area contributed by atoms with Crippen molar-refractivity contribution in [3.05, 3.63) is 30.1 Å². The van der Waals surface area contributed by atoms with Gasteiger partial charge >= 0.3 is 0 Å². The fourth-order valence-corrected chi connectivity index (χ4v) is 2.77. The average Bonchev–Trinajstić information content (AvgIpc) is 3.27. The first-order chi connectivity index (χ1) is 9.31. The van der Waals surface area contributed by atoms with Gasteiger partial charge in [-0.2, -0.15) is 0 Å². The Bertz CT molecular complexity index is 386. The van der Waals surface area contributed by atoms with E-state index in [-0.39, 0.29) is 6.10 Å². The summed E-state index contributed by atoms with van der Waals surface area (Å²) < 4.78 is 0. The monoisotopic (exact) mass is 261 g/mol. The first-order valence-corrected chi connectivity index (χ1v) is 7.33. The lowest BCUT2D eigenvalue weighted by Crippen LogP contribution is -2.48. The van der Waals surface area contributed by atoms with Crippen LogP contribution in [0, 0.1) is 5.92 Å². The number of aliphatic hydroxyl groups is 1. The van der Waals surface area contributed by atoms with Crippen molar-refractivity contribution in [3.8, 4) is 0 Å². The first-order valence-electron chi connectivity index (χ1n) is 7.33. The lowest BCUT2D eigenvalue weighted by Gasteiger charge is -2.35. The Hall–Kier alpha value is -0.970. The van der Waals surface area contributed by atoms with Crippen molar-refractivity contribution < 1.29 is 5.11 Å². The number of piperazine rings is 1. The summed E-state index contributed by atoms with van der Waals surface area (Å²) in [4.78, 5) is 9.04. The Kier molecular flexibility index (Phi) is 4.11. The number of β-amino-alcohol motifs (C(OH)–C–C–N with tert-alkyl or cyclic N) is 1. The molecule has 2 aliphatic rings. The van der Waals surface area contributed by atoms with Gasteiger partial charge in [0.2, 0.25) is 0 Å². The SMILES string of the molecule is O[C@H](CN1CCN(Cc2cccnc2)CC1)C1CC1. The molecule has 0 radical (unpaired) electrons. The molecule has 0 unspecified atom stereocenters. The van der Waals surface area contributed by atoms with E-state index >= 15 is 0 Å². The molecule has 1 N–H and O–H groups in total. The van der Waals surface area contributed by atoms with Gasteiger partial charge in [-0.05, 0) is 30.4 Å². The normalized spacial score (nSPS) is 23.4. The van der Waals surface area contributed by atoms with E-state index in [0.29, 0.717) is 5.92 Å². The second-order valence-electron chi connectivity index (χ2n) is 5.84. The number of hydrogen-bond donors (Lipinski definition) is 1. The molecular formula is C15H23N3O. The molecule has 4 heteroatoms. The molecule has 1 aliphatic carbocycles. The van der Waals surface area contributed by atoms with Gasteiger partial charge in [0.25, 0.3) is 0 Å². The number of hydrogen-bond acceptors (Lipinski definition) is 4. The van der Waals surface area contributed by atoms with Crippen LogP contribution in [0.5, 0.6) is 0 Å². The predicted molar refractivity (Wildman–Crippen MR) is 74.7 cm³/mol. The van der Waals surface area contributed by atoms with E-state index in [1.165, 1.54) is 18.4 Å². The number of aromatic nitrogens is 1. The fourth-order valence-electron chi connectivity index (χ4n) is 2.77. The third-order valence-corrected chi connectivity index (χ3v) is 4.21. The van der Waals surface area contributed by atoms with Crippen LogP contribution < -0.4 is 0 Å². The van der Waals surface area contributed by atoms with Gasteiger partial charge in [0.1, 0.15) is 0 Å². The molecule has 0 spiro atoms. The second kappa shape index (κ2) is 5.99. The summed E-state index contributed by atoms with van der Waals surface area (Å²) >= 11 is 0. The summed E-state index contributed by atoms with van der Waals surface area (Å²) in [5.41, 5.74) is 1.29. The topological polar surface area (TPSA) is 39.6 Å². The molecule has 1 aliphatic heterocycles.